The summed E-state index contributed by atoms with van der Waals surface area (Å²) in [6, 6.07) is 16.6. The van der Waals surface area contributed by atoms with Crippen molar-refractivity contribution in [2.24, 2.45) is 10.4 Å². The van der Waals surface area contributed by atoms with Crippen molar-refractivity contribution < 1.29 is 0 Å². The number of hydrogen-bond acceptors (Lipinski definition) is 2. The second kappa shape index (κ2) is 6.58. The van der Waals surface area contributed by atoms with Gasteiger partial charge in [0.15, 0.2) is 0 Å². The summed E-state index contributed by atoms with van der Waals surface area (Å²) in [5.41, 5.74) is 3.69. The molecule has 0 unspecified atom stereocenters. The lowest BCUT2D eigenvalue weighted by atomic mass is 9.71. The van der Waals surface area contributed by atoms with Crippen LogP contribution in [0.2, 0.25) is 5.02 Å². The molecule has 1 fully saturated rings. The number of rotatable bonds is 2. The van der Waals surface area contributed by atoms with Gasteiger partial charge in [-0.15, -0.1) is 0 Å². The van der Waals surface area contributed by atoms with Crippen LogP contribution >= 0.6 is 11.6 Å². The van der Waals surface area contributed by atoms with E-state index < -0.39 is 0 Å². The molecule has 124 valence electrons. The highest BCUT2D eigenvalue weighted by Gasteiger charge is 2.41. The van der Waals surface area contributed by atoms with E-state index in [1.54, 1.807) is 0 Å². The number of halogens is 1. The Kier molecular flexibility index (Phi) is 4.30. The van der Waals surface area contributed by atoms with Crippen LogP contribution in [0.4, 0.5) is 5.69 Å². The number of piperidine rings is 1. The molecule has 0 amide bonds. The average molecular weight is 340 g/mol. The van der Waals surface area contributed by atoms with Crippen LogP contribution in [0.5, 0.6) is 0 Å². The van der Waals surface area contributed by atoms with Gasteiger partial charge in [-0.25, -0.2) is 0 Å². The highest BCUT2D eigenvalue weighted by molar-refractivity contribution is 6.34. The quantitative estimate of drug-likeness (QED) is 0.857. The molecule has 0 aromatic heterocycles. The van der Waals surface area contributed by atoms with Gasteiger partial charge in [-0.2, -0.15) is 0 Å². The Hall–Kier alpha value is -1.84. The largest absolute Gasteiger partial charge is 0.342 e. The van der Waals surface area contributed by atoms with Crippen LogP contribution in [0.3, 0.4) is 0 Å². The molecule has 2 aromatic carbocycles. The second-order valence-electron chi connectivity index (χ2n) is 6.76. The first-order valence-electron chi connectivity index (χ1n) is 8.61. The number of anilines is 1. The maximum absolute atomic E-state index is 6.42. The molecular formula is C20H22ClN3. The van der Waals surface area contributed by atoms with Gasteiger partial charge in [-0.05, 0) is 49.5 Å². The molecule has 3 nitrogen and oxygen atoms in total. The number of para-hydroxylation sites is 1. The van der Waals surface area contributed by atoms with Crippen LogP contribution in [0.1, 0.15) is 24.0 Å². The number of aliphatic imine (C=N–C) groups is 1. The Balaban J connectivity index is 1.70. The third-order valence-electron chi connectivity index (χ3n) is 5.20. The van der Waals surface area contributed by atoms with Gasteiger partial charge in [0.2, 0.25) is 0 Å². The molecule has 1 spiro atoms. The summed E-state index contributed by atoms with van der Waals surface area (Å²) < 4.78 is 0. The molecule has 1 saturated heterocycles. The molecule has 24 heavy (non-hydrogen) atoms. The van der Waals surface area contributed by atoms with E-state index in [1.807, 2.05) is 18.2 Å². The maximum Gasteiger partial charge on any atom is 0.108 e. The van der Waals surface area contributed by atoms with E-state index in [0.717, 1.165) is 48.9 Å². The molecule has 0 atom stereocenters. The average Bonchev–Trinajstić information content (AvgIpc) is 2.62. The molecule has 0 radical (unpaired) electrons. The van der Waals surface area contributed by atoms with E-state index in [-0.39, 0.29) is 5.41 Å². The number of nitrogens with zero attached hydrogens (tertiary/aromatic N) is 1. The van der Waals surface area contributed by atoms with Crippen molar-refractivity contribution in [3.05, 3.63) is 64.7 Å². The number of hydrogen-bond donors (Lipinski definition) is 2. The van der Waals surface area contributed by atoms with E-state index in [4.69, 9.17) is 16.6 Å². The molecule has 2 aliphatic rings. The lowest BCUT2D eigenvalue weighted by Gasteiger charge is -2.43. The molecule has 2 heterocycles. The summed E-state index contributed by atoms with van der Waals surface area (Å²) in [4.78, 5) is 4.99. The molecule has 4 heteroatoms. The Morgan fingerprint density at radius 2 is 1.79 bits per heavy atom. The molecule has 2 aromatic rings. The van der Waals surface area contributed by atoms with Crippen molar-refractivity contribution >= 4 is 23.1 Å². The lowest BCUT2D eigenvalue weighted by molar-refractivity contribution is 0.293. The number of benzene rings is 2. The summed E-state index contributed by atoms with van der Waals surface area (Å²) in [5.74, 6) is 1.11. The maximum atomic E-state index is 6.42. The van der Waals surface area contributed by atoms with Crippen molar-refractivity contribution in [1.82, 2.24) is 5.32 Å². The first-order chi connectivity index (χ1) is 11.8. The van der Waals surface area contributed by atoms with Gasteiger partial charge in [0.1, 0.15) is 5.84 Å². The predicted octanol–water partition coefficient (Wildman–Crippen LogP) is 4.28. The van der Waals surface area contributed by atoms with Crippen molar-refractivity contribution in [2.45, 2.75) is 25.8 Å². The molecule has 0 bridgehead atoms. The molecule has 4 rings (SSSR count). The Morgan fingerprint density at radius 1 is 1.00 bits per heavy atom. The van der Waals surface area contributed by atoms with Crippen LogP contribution in [-0.2, 0) is 13.0 Å². The fourth-order valence-corrected chi connectivity index (χ4v) is 4.08. The van der Waals surface area contributed by atoms with Gasteiger partial charge in [0.25, 0.3) is 0 Å². The van der Waals surface area contributed by atoms with E-state index in [1.165, 1.54) is 11.1 Å². The lowest BCUT2D eigenvalue weighted by Crippen LogP contribution is -2.48. The fourth-order valence-electron chi connectivity index (χ4n) is 3.84. The Morgan fingerprint density at radius 3 is 2.58 bits per heavy atom. The van der Waals surface area contributed by atoms with Crippen LogP contribution in [0.25, 0.3) is 0 Å². The van der Waals surface area contributed by atoms with Crippen molar-refractivity contribution in [3.8, 4) is 0 Å². The minimum atomic E-state index is 0.109. The summed E-state index contributed by atoms with van der Waals surface area (Å²) >= 11 is 6.42. The van der Waals surface area contributed by atoms with Crippen LogP contribution < -0.4 is 10.6 Å². The molecule has 2 aliphatic heterocycles. The number of nitrogens with one attached hydrogen (secondary N) is 2. The summed E-state index contributed by atoms with van der Waals surface area (Å²) in [5, 5.41) is 7.84. The molecular weight excluding hydrogens is 318 g/mol. The zero-order valence-electron chi connectivity index (χ0n) is 13.7. The smallest absolute Gasteiger partial charge is 0.108 e. The summed E-state index contributed by atoms with van der Waals surface area (Å²) in [6.45, 7) is 2.79. The third-order valence-corrected chi connectivity index (χ3v) is 5.51. The highest BCUT2D eigenvalue weighted by Crippen LogP contribution is 2.43. The Labute approximate surface area is 148 Å². The first kappa shape index (κ1) is 15.7. The van der Waals surface area contributed by atoms with Gasteiger partial charge in [0.05, 0.1) is 17.3 Å². The van der Waals surface area contributed by atoms with Gasteiger partial charge >= 0.3 is 0 Å². The van der Waals surface area contributed by atoms with Crippen LogP contribution in [0, 0.1) is 5.41 Å². The van der Waals surface area contributed by atoms with Crippen LogP contribution in [-0.4, -0.2) is 18.9 Å². The normalized spacial score (nSPS) is 20.6. The van der Waals surface area contributed by atoms with Gasteiger partial charge < -0.3 is 10.6 Å². The Bertz CT molecular complexity index is 749. The first-order valence-corrected chi connectivity index (χ1v) is 8.99. The SMILES string of the molecule is Clc1cccc2c1NC(=NCc1ccccc1)C1(CCNCC1)C2. The molecule has 0 saturated carbocycles. The number of amidine groups is 1. The van der Waals surface area contributed by atoms with E-state index in [0.29, 0.717) is 6.54 Å². The van der Waals surface area contributed by atoms with E-state index in [9.17, 15) is 0 Å². The fraction of sp³-hybridized carbons (Fsp3) is 0.350. The minimum Gasteiger partial charge on any atom is -0.342 e. The monoisotopic (exact) mass is 339 g/mol. The standard InChI is InChI=1S/C20H22ClN3/c21-17-8-4-7-16-13-20(9-11-22-12-10-20)19(24-18(16)17)23-14-15-5-2-1-3-6-15/h1-8,22H,9-14H2,(H,23,24). The van der Waals surface area contributed by atoms with Gasteiger partial charge in [0, 0.05) is 5.41 Å². The zero-order chi connectivity index (χ0) is 16.4. The minimum absolute atomic E-state index is 0.109. The topological polar surface area (TPSA) is 36.4 Å². The third kappa shape index (κ3) is 2.94. The van der Waals surface area contributed by atoms with Gasteiger partial charge in [-0.1, -0.05) is 54.1 Å². The zero-order valence-corrected chi connectivity index (χ0v) is 14.4. The highest BCUT2D eigenvalue weighted by atomic mass is 35.5. The summed E-state index contributed by atoms with van der Waals surface area (Å²) in [6.07, 6.45) is 3.24. The van der Waals surface area contributed by atoms with Crippen LogP contribution in [0.15, 0.2) is 53.5 Å². The van der Waals surface area contributed by atoms with Gasteiger partial charge in [-0.3, -0.25) is 4.99 Å². The van der Waals surface area contributed by atoms with Crippen molar-refractivity contribution in [3.63, 3.8) is 0 Å². The van der Waals surface area contributed by atoms with Crippen molar-refractivity contribution in [1.29, 1.82) is 0 Å². The molecule has 0 aliphatic carbocycles. The predicted molar refractivity (Wildman–Crippen MR) is 101 cm³/mol. The van der Waals surface area contributed by atoms with E-state index in [2.05, 4.69) is 41.0 Å². The number of fused-ring (bicyclic) bond motifs is 1. The molecule has 2 N–H and O–H groups in total. The second-order valence-corrected chi connectivity index (χ2v) is 7.16. The van der Waals surface area contributed by atoms with Crippen molar-refractivity contribution in [2.75, 3.05) is 18.4 Å². The van der Waals surface area contributed by atoms with E-state index >= 15 is 0 Å². The summed E-state index contributed by atoms with van der Waals surface area (Å²) in [7, 11) is 0.